The molecule has 0 saturated carbocycles. The Kier molecular flexibility index (Phi) is 3.59. The van der Waals surface area contributed by atoms with Gasteiger partial charge in [-0.1, -0.05) is 36.0 Å². The Morgan fingerprint density at radius 2 is 1.95 bits per heavy atom. The van der Waals surface area contributed by atoms with E-state index in [0.717, 1.165) is 16.5 Å². The number of carbonyl (C=O) groups excluding carboxylic acids is 2. The number of nitrogen functional groups attached to an aromatic ring is 1. The SMILES string of the molecule is CC(=O)SC1CC(=O)N(c2cccc3c(N)cccc23)C1. The number of nitrogens with zero attached hydrogens (tertiary/aromatic N) is 1. The van der Waals surface area contributed by atoms with Crippen molar-refractivity contribution in [3.8, 4) is 0 Å². The van der Waals surface area contributed by atoms with Crippen LogP contribution in [0.25, 0.3) is 10.8 Å². The lowest BCUT2D eigenvalue weighted by Crippen LogP contribution is -2.25. The number of hydrogen-bond acceptors (Lipinski definition) is 4. The maximum absolute atomic E-state index is 12.3. The Balaban J connectivity index is 1.99. The summed E-state index contributed by atoms with van der Waals surface area (Å²) in [5, 5.41) is 2.01. The zero-order valence-electron chi connectivity index (χ0n) is 11.7. The van der Waals surface area contributed by atoms with Crippen molar-refractivity contribution in [1.82, 2.24) is 0 Å². The van der Waals surface area contributed by atoms with Gasteiger partial charge < -0.3 is 10.6 Å². The summed E-state index contributed by atoms with van der Waals surface area (Å²) in [6, 6.07) is 11.5. The molecule has 0 aromatic heterocycles. The molecule has 0 aliphatic carbocycles. The van der Waals surface area contributed by atoms with Gasteiger partial charge in [0.05, 0.1) is 5.69 Å². The van der Waals surface area contributed by atoms with E-state index < -0.39 is 0 Å². The molecule has 0 bridgehead atoms. The predicted molar refractivity (Wildman–Crippen MR) is 87.4 cm³/mol. The maximum atomic E-state index is 12.3. The molecular weight excluding hydrogens is 284 g/mol. The summed E-state index contributed by atoms with van der Waals surface area (Å²) in [6.07, 6.45) is 0.406. The molecule has 1 fully saturated rings. The van der Waals surface area contributed by atoms with E-state index in [1.165, 1.54) is 18.7 Å². The van der Waals surface area contributed by atoms with Crippen LogP contribution in [-0.4, -0.2) is 22.8 Å². The first-order valence-electron chi connectivity index (χ1n) is 6.81. The number of rotatable bonds is 2. The van der Waals surface area contributed by atoms with Crippen LogP contribution in [0.1, 0.15) is 13.3 Å². The van der Waals surface area contributed by atoms with E-state index >= 15 is 0 Å². The minimum Gasteiger partial charge on any atom is -0.398 e. The summed E-state index contributed by atoms with van der Waals surface area (Å²) >= 11 is 1.25. The number of hydrogen-bond donors (Lipinski definition) is 1. The molecule has 2 N–H and O–H groups in total. The van der Waals surface area contributed by atoms with Crippen molar-refractivity contribution < 1.29 is 9.59 Å². The largest absolute Gasteiger partial charge is 0.398 e. The number of benzene rings is 2. The average molecular weight is 300 g/mol. The molecule has 1 heterocycles. The van der Waals surface area contributed by atoms with Crippen LogP contribution in [0.4, 0.5) is 11.4 Å². The highest BCUT2D eigenvalue weighted by Crippen LogP contribution is 2.34. The van der Waals surface area contributed by atoms with Gasteiger partial charge in [-0.25, -0.2) is 0 Å². The van der Waals surface area contributed by atoms with Crippen molar-refractivity contribution in [1.29, 1.82) is 0 Å². The Morgan fingerprint density at radius 1 is 1.24 bits per heavy atom. The van der Waals surface area contributed by atoms with E-state index in [1.54, 1.807) is 4.90 Å². The van der Waals surface area contributed by atoms with Gasteiger partial charge in [-0.05, 0) is 12.1 Å². The monoisotopic (exact) mass is 300 g/mol. The van der Waals surface area contributed by atoms with Gasteiger partial charge in [0.2, 0.25) is 5.91 Å². The van der Waals surface area contributed by atoms with E-state index in [0.29, 0.717) is 18.7 Å². The van der Waals surface area contributed by atoms with E-state index in [1.807, 2.05) is 36.4 Å². The van der Waals surface area contributed by atoms with Gasteiger partial charge in [-0.15, -0.1) is 0 Å². The van der Waals surface area contributed by atoms with Crippen molar-refractivity contribution in [2.24, 2.45) is 0 Å². The highest BCUT2D eigenvalue weighted by molar-refractivity contribution is 8.14. The van der Waals surface area contributed by atoms with Crippen molar-refractivity contribution in [3.63, 3.8) is 0 Å². The van der Waals surface area contributed by atoms with Crippen LogP contribution in [0.3, 0.4) is 0 Å². The molecule has 1 saturated heterocycles. The van der Waals surface area contributed by atoms with Crippen LogP contribution >= 0.6 is 11.8 Å². The number of fused-ring (bicyclic) bond motifs is 1. The molecule has 21 heavy (non-hydrogen) atoms. The molecule has 2 aromatic rings. The van der Waals surface area contributed by atoms with Gasteiger partial charge in [-0.2, -0.15) is 0 Å². The van der Waals surface area contributed by atoms with Crippen LogP contribution in [0.2, 0.25) is 0 Å². The summed E-state index contributed by atoms with van der Waals surface area (Å²) in [5.74, 6) is 0.0590. The van der Waals surface area contributed by atoms with Gasteiger partial charge in [-0.3, -0.25) is 9.59 Å². The third-order valence-corrected chi connectivity index (χ3v) is 4.63. The zero-order valence-corrected chi connectivity index (χ0v) is 12.5. The van der Waals surface area contributed by atoms with E-state index in [2.05, 4.69) is 0 Å². The van der Waals surface area contributed by atoms with Gasteiger partial charge in [0.15, 0.2) is 5.12 Å². The van der Waals surface area contributed by atoms with Crippen molar-refractivity contribution in [2.75, 3.05) is 17.2 Å². The second kappa shape index (κ2) is 5.41. The third-order valence-electron chi connectivity index (χ3n) is 3.65. The van der Waals surface area contributed by atoms with E-state index in [4.69, 9.17) is 5.73 Å². The summed E-state index contributed by atoms with van der Waals surface area (Å²) in [7, 11) is 0. The minimum absolute atomic E-state index is 0.0336. The Morgan fingerprint density at radius 3 is 2.71 bits per heavy atom. The summed E-state index contributed by atoms with van der Waals surface area (Å²) < 4.78 is 0. The van der Waals surface area contributed by atoms with Crippen LogP contribution in [0.5, 0.6) is 0 Å². The number of carbonyl (C=O) groups is 2. The zero-order chi connectivity index (χ0) is 15.0. The van der Waals surface area contributed by atoms with Gasteiger partial charge in [0.25, 0.3) is 0 Å². The second-order valence-electron chi connectivity index (χ2n) is 5.16. The lowest BCUT2D eigenvalue weighted by atomic mass is 10.1. The number of amides is 1. The van der Waals surface area contributed by atoms with Crippen molar-refractivity contribution >= 4 is 44.9 Å². The van der Waals surface area contributed by atoms with E-state index in [9.17, 15) is 9.59 Å². The van der Waals surface area contributed by atoms with Crippen LogP contribution in [-0.2, 0) is 9.59 Å². The van der Waals surface area contributed by atoms with Crippen LogP contribution in [0, 0.1) is 0 Å². The summed E-state index contributed by atoms with van der Waals surface area (Å²) in [5.41, 5.74) is 7.58. The number of anilines is 2. The smallest absolute Gasteiger partial charge is 0.228 e. The summed E-state index contributed by atoms with van der Waals surface area (Å²) in [6.45, 7) is 2.10. The predicted octanol–water partition coefficient (Wildman–Crippen LogP) is 2.81. The second-order valence-corrected chi connectivity index (χ2v) is 6.64. The molecule has 5 heteroatoms. The van der Waals surface area contributed by atoms with Gasteiger partial charge >= 0.3 is 0 Å². The maximum Gasteiger partial charge on any atom is 0.228 e. The molecule has 3 rings (SSSR count). The Bertz CT molecular complexity index is 729. The number of thioether (sulfide) groups is 1. The topological polar surface area (TPSA) is 63.4 Å². The Labute approximate surface area is 127 Å². The fraction of sp³-hybridized carbons (Fsp3) is 0.250. The molecule has 0 radical (unpaired) electrons. The molecule has 4 nitrogen and oxygen atoms in total. The molecule has 1 aliphatic rings. The fourth-order valence-corrected chi connectivity index (χ4v) is 3.69. The standard InChI is InChI=1S/C16H16N2O2S/c1-10(19)21-11-8-16(20)18(9-11)15-7-3-4-12-13(15)5-2-6-14(12)17/h2-7,11H,8-9,17H2,1H3. The lowest BCUT2D eigenvalue weighted by Gasteiger charge is -2.19. The minimum atomic E-state index is 0.0336. The quantitative estimate of drug-likeness (QED) is 0.866. The third kappa shape index (κ3) is 2.61. The lowest BCUT2D eigenvalue weighted by molar-refractivity contribution is -0.117. The van der Waals surface area contributed by atoms with Crippen molar-refractivity contribution in [3.05, 3.63) is 36.4 Å². The number of nitrogens with two attached hydrogens (primary N) is 1. The van der Waals surface area contributed by atoms with Crippen LogP contribution in [0.15, 0.2) is 36.4 Å². The molecule has 1 atom stereocenters. The molecule has 0 spiro atoms. The van der Waals surface area contributed by atoms with Crippen LogP contribution < -0.4 is 10.6 Å². The fourth-order valence-electron chi connectivity index (χ4n) is 2.77. The molecule has 1 unspecified atom stereocenters. The first kappa shape index (κ1) is 13.9. The normalized spacial score (nSPS) is 18.4. The summed E-state index contributed by atoms with van der Waals surface area (Å²) in [4.78, 5) is 25.3. The highest BCUT2D eigenvalue weighted by atomic mass is 32.2. The molecular formula is C16H16N2O2S. The van der Waals surface area contributed by atoms with Gasteiger partial charge in [0, 0.05) is 41.6 Å². The van der Waals surface area contributed by atoms with E-state index in [-0.39, 0.29) is 16.3 Å². The Hall–Kier alpha value is -2.01. The molecule has 1 amide bonds. The first-order valence-corrected chi connectivity index (χ1v) is 7.69. The highest BCUT2D eigenvalue weighted by Gasteiger charge is 2.32. The van der Waals surface area contributed by atoms with Crippen molar-refractivity contribution in [2.45, 2.75) is 18.6 Å². The van der Waals surface area contributed by atoms with Gasteiger partial charge in [0.1, 0.15) is 0 Å². The molecule has 1 aliphatic heterocycles. The molecule has 108 valence electrons. The average Bonchev–Trinajstić information content (AvgIpc) is 2.78. The molecule has 2 aromatic carbocycles. The first-order chi connectivity index (χ1) is 10.1.